The molecule has 1 N–H and O–H groups in total. The zero-order valence-corrected chi connectivity index (χ0v) is 26.4. The van der Waals surface area contributed by atoms with E-state index in [0.29, 0.717) is 30.6 Å². The van der Waals surface area contributed by atoms with Gasteiger partial charge >= 0.3 is 0 Å². The van der Waals surface area contributed by atoms with Gasteiger partial charge in [0.05, 0.1) is 10.6 Å². The van der Waals surface area contributed by atoms with Crippen molar-refractivity contribution < 1.29 is 13.5 Å². The highest BCUT2D eigenvalue weighted by atomic mass is 32.2. The Morgan fingerprint density at radius 2 is 1.49 bits per heavy atom. The fourth-order valence-electron chi connectivity index (χ4n) is 4.97. The van der Waals surface area contributed by atoms with Gasteiger partial charge in [0.2, 0.25) is 15.9 Å². The number of aromatic hydroxyl groups is 1. The molecule has 0 saturated heterocycles. The monoisotopic (exact) mass is 585 g/mol. The van der Waals surface area contributed by atoms with Crippen molar-refractivity contribution in [1.82, 2.24) is 8.87 Å². The lowest BCUT2D eigenvalue weighted by Crippen LogP contribution is -2.39. The predicted octanol–water partition coefficient (Wildman–Crippen LogP) is 7.59. The normalized spacial score (nSPS) is 13.5. The van der Waals surface area contributed by atoms with Gasteiger partial charge in [-0.1, -0.05) is 66.2 Å². The molecule has 0 fully saturated rings. The van der Waals surface area contributed by atoms with Crippen LogP contribution in [0.2, 0.25) is 0 Å². The smallest absolute Gasteiger partial charge is 0.271 e. The standard InChI is InChI=1S/C31H47N5O4S/c1-7-12-14-24(9-3)21-35(22-25(10-4)15-13-8-2)41(39,40)27-18-16-26(17-19-27)33-34-29-23(6)28(20-32)30(37)36(11-5)31(29)38/h16-19,24-25,38H,7-15,21-22H2,1-6H3/b34-33+. The van der Waals surface area contributed by atoms with Crippen LogP contribution in [0.5, 0.6) is 5.88 Å². The zero-order valence-electron chi connectivity index (χ0n) is 25.6. The summed E-state index contributed by atoms with van der Waals surface area (Å²) in [6.45, 7) is 13.0. The van der Waals surface area contributed by atoms with Gasteiger partial charge in [0.1, 0.15) is 11.6 Å². The van der Waals surface area contributed by atoms with Gasteiger partial charge in [-0.25, -0.2) is 8.42 Å². The molecule has 2 unspecified atom stereocenters. The second-order valence-electron chi connectivity index (χ2n) is 10.7. The third-order valence-electron chi connectivity index (χ3n) is 7.83. The van der Waals surface area contributed by atoms with E-state index in [4.69, 9.17) is 0 Å². The highest BCUT2D eigenvalue weighted by Crippen LogP contribution is 2.32. The van der Waals surface area contributed by atoms with Crippen molar-refractivity contribution in [3.05, 3.63) is 45.7 Å². The van der Waals surface area contributed by atoms with Gasteiger partial charge in [0.25, 0.3) is 5.56 Å². The Hall–Kier alpha value is -3.03. The first-order chi connectivity index (χ1) is 19.6. The molecule has 0 aliphatic rings. The molecule has 0 spiro atoms. The summed E-state index contributed by atoms with van der Waals surface area (Å²) in [7, 11) is -3.73. The topological polar surface area (TPSA) is 128 Å². The molecule has 2 atom stereocenters. The van der Waals surface area contributed by atoms with E-state index in [0.717, 1.165) is 55.9 Å². The molecule has 1 aromatic heterocycles. The fourth-order valence-corrected chi connectivity index (χ4v) is 6.57. The van der Waals surface area contributed by atoms with E-state index in [-0.39, 0.29) is 34.1 Å². The molecule has 0 aliphatic heterocycles. The van der Waals surface area contributed by atoms with Gasteiger partial charge in [0, 0.05) is 25.2 Å². The molecular formula is C31H47N5O4S. The van der Waals surface area contributed by atoms with Crippen LogP contribution in [-0.4, -0.2) is 35.5 Å². The second kappa shape index (κ2) is 16.4. The number of pyridine rings is 1. The quantitative estimate of drug-likeness (QED) is 0.191. The number of benzene rings is 1. The SMILES string of the molecule is CCCCC(CC)CN(CC(CC)CCCC)S(=O)(=O)c1ccc(/N=N/c2c(C)c(C#N)c(=O)n(CC)c2O)cc1. The molecule has 1 heterocycles. The summed E-state index contributed by atoms with van der Waals surface area (Å²) in [5.74, 6) is 0.249. The van der Waals surface area contributed by atoms with Crippen LogP contribution in [0.1, 0.15) is 97.1 Å². The molecule has 10 heteroatoms. The Kier molecular flexibility index (Phi) is 13.7. The Labute approximate surface area is 246 Å². The van der Waals surface area contributed by atoms with Gasteiger partial charge in [0.15, 0.2) is 5.69 Å². The first-order valence-corrected chi connectivity index (χ1v) is 16.4. The molecule has 0 saturated carbocycles. The molecule has 9 nitrogen and oxygen atoms in total. The van der Waals surface area contributed by atoms with Crippen LogP contribution in [0.3, 0.4) is 0 Å². The van der Waals surface area contributed by atoms with Crippen molar-refractivity contribution in [3.8, 4) is 11.9 Å². The van der Waals surface area contributed by atoms with E-state index < -0.39 is 15.6 Å². The van der Waals surface area contributed by atoms with Crippen LogP contribution < -0.4 is 5.56 Å². The molecule has 2 rings (SSSR count). The van der Waals surface area contributed by atoms with E-state index in [1.807, 2.05) is 6.07 Å². The van der Waals surface area contributed by atoms with E-state index in [9.17, 15) is 23.6 Å². The van der Waals surface area contributed by atoms with Crippen LogP contribution in [-0.2, 0) is 16.6 Å². The fraction of sp³-hybridized carbons (Fsp3) is 0.613. The molecule has 0 bridgehead atoms. The van der Waals surface area contributed by atoms with Crippen LogP contribution in [0.25, 0.3) is 0 Å². The minimum atomic E-state index is -3.73. The van der Waals surface area contributed by atoms with Gasteiger partial charge in [-0.05, 0) is 62.8 Å². The average molecular weight is 586 g/mol. The molecule has 226 valence electrons. The number of hydrogen-bond acceptors (Lipinski definition) is 7. The average Bonchev–Trinajstić information content (AvgIpc) is 2.96. The van der Waals surface area contributed by atoms with E-state index in [1.165, 1.54) is 19.1 Å². The van der Waals surface area contributed by atoms with Crippen molar-refractivity contribution >= 4 is 21.4 Å². The summed E-state index contributed by atoms with van der Waals surface area (Å²) in [6, 6.07) is 8.10. The molecule has 0 radical (unpaired) electrons. The molecule has 1 aromatic carbocycles. The Morgan fingerprint density at radius 3 is 1.93 bits per heavy atom. The summed E-state index contributed by atoms with van der Waals surface area (Å²) in [5, 5.41) is 28.3. The van der Waals surface area contributed by atoms with Crippen LogP contribution in [0, 0.1) is 30.1 Å². The number of sulfonamides is 1. The highest BCUT2D eigenvalue weighted by molar-refractivity contribution is 7.89. The van der Waals surface area contributed by atoms with Gasteiger partial charge in [-0.15, -0.1) is 5.11 Å². The van der Waals surface area contributed by atoms with Crippen molar-refractivity contribution in [2.45, 2.75) is 104 Å². The number of nitrogens with zero attached hydrogens (tertiary/aromatic N) is 5. The first-order valence-electron chi connectivity index (χ1n) is 15.0. The maximum atomic E-state index is 13.9. The third kappa shape index (κ3) is 8.73. The van der Waals surface area contributed by atoms with E-state index >= 15 is 0 Å². The number of aromatic nitrogens is 1. The molecule has 0 amide bonds. The maximum absolute atomic E-state index is 13.9. The van der Waals surface area contributed by atoms with Crippen molar-refractivity contribution in [2.24, 2.45) is 22.1 Å². The van der Waals surface area contributed by atoms with Gasteiger partial charge in [-0.3, -0.25) is 9.36 Å². The number of hydrogen-bond donors (Lipinski definition) is 1. The number of rotatable bonds is 17. The summed E-state index contributed by atoms with van der Waals surface area (Å²) in [4.78, 5) is 12.6. The van der Waals surface area contributed by atoms with Crippen LogP contribution in [0.4, 0.5) is 11.4 Å². The van der Waals surface area contributed by atoms with Crippen molar-refractivity contribution in [1.29, 1.82) is 5.26 Å². The minimum absolute atomic E-state index is 0.0289. The Balaban J connectivity index is 2.41. The maximum Gasteiger partial charge on any atom is 0.271 e. The van der Waals surface area contributed by atoms with E-state index in [1.54, 1.807) is 23.4 Å². The van der Waals surface area contributed by atoms with Gasteiger partial charge < -0.3 is 5.11 Å². The minimum Gasteiger partial charge on any atom is -0.493 e. The van der Waals surface area contributed by atoms with Gasteiger partial charge in [-0.2, -0.15) is 14.7 Å². The Morgan fingerprint density at radius 1 is 0.951 bits per heavy atom. The number of azo groups is 1. The first kappa shape index (κ1) is 34.2. The largest absolute Gasteiger partial charge is 0.493 e. The second-order valence-corrected chi connectivity index (χ2v) is 12.6. The summed E-state index contributed by atoms with van der Waals surface area (Å²) < 4.78 is 30.6. The zero-order chi connectivity index (χ0) is 30.6. The van der Waals surface area contributed by atoms with Crippen LogP contribution >= 0.6 is 0 Å². The molecule has 41 heavy (non-hydrogen) atoms. The predicted molar refractivity (Wildman–Crippen MR) is 163 cm³/mol. The number of nitriles is 1. The van der Waals surface area contributed by atoms with Crippen molar-refractivity contribution in [3.63, 3.8) is 0 Å². The lowest BCUT2D eigenvalue weighted by atomic mass is 9.97. The highest BCUT2D eigenvalue weighted by Gasteiger charge is 2.29. The summed E-state index contributed by atoms with van der Waals surface area (Å²) in [6.07, 6.45) is 8.22. The lowest BCUT2D eigenvalue weighted by Gasteiger charge is -2.30. The lowest BCUT2D eigenvalue weighted by molar-refractivity contribution is 0.270. The molecular weight excluding hydrogens is 538 g/mol. The van der Waals surface area contributed by atoms with Crippen molar-refractivity contribution in [2.75, 3.05) is 13.1 Å². The molecule has 0 aliphatic carbocycles. The summed E-state index contributed by atoms with van der Waals surface area (Å²) in [5.41, 5.74) is -0.0377. The molecule has 2 aromatic rings. The van der Waals surface area contributed by atoms with E-state index in [2.05, 4.69) is 37.9 Å². The summed E-state index contributed by atoms with van der Waals surface area (Å²) >= 11 is 0. The Bertz CT molecular complexity index is 1340. The number of unbranched alkanes of at least 4 members (excludes halogenated alkanes) is 2. The third-order valence-corrected chi connectivity index (χ3v) is 9.68. The van der Waals surface area contributed by atoms with Crippen LogP contribution in [0.15, 0.2) is 44.2 Å².